The Balaban J connectivity index is 1.74. The summed E-state index contributed by atoms with van der Waals surface area (Å²) in [5.41, 5.74) is 3.06. The Bertz CT molecular complexity index is 968. The molecule has 3 rings (SSSR count). The van der Waals surface area contributed by atoms with E-state index in [9.17, 15) is 9.59 Å². The molecule has 6 heteroatoms. The minimum atomic E-state index is -0.318. The van der Waals surface area contributed by atoms with E-state index in [2.05, 4.69) is 34.4 Å². The van der Waals surface area contributed by atoms with Crippen LogP contribution in [0.1, 0.15) is 34.6 Å². The van der Waals surface area contributed by atoms with Crippen molar-refractivity contribution in [3.8, 4) is 0 Å². The summed E-state index contributed by atoms with van der Waals surface area (Å²) in [6, 6.07) is 18.0. The number of hydrogen-bond acceptors (Lipinski definition) is 4. The highest BCUT2D eigenvalue weighted by Crippen LogP contribution is 2.21. The Kier molecular flexibility index (Phi) is 6.58. The van der Waals surface area contributed by atoms with Crippen LogP contribution in [0.4, 0.5) is 17.1 Å². The van der Waals surface area contributed by atoms with E-state index in [0.717, 1.165) is 18.8 Å². The zero-order valence-electron chi connectivity index (χ0n) is 16.6. The van der Waals surface area contributed by atoms with Gasteiger partial charge in [-0.05, 0) is 62.4 Å². The second-order valence-corrected chi connectivity index (χ2v) is 6.41. The third kappa shape index (κ3) is 4.99. The molecule has 1 aromatic heterocycles. The standard InChI is InChI=1S/C23H24N4O2/c1-3-27(4-2)19-13-11-18(12-14-19)25-23(29)20-9-5-6-10-21(20)26-22(28)17-8-7-15-24-16-17/h5-16H,3-4H2,1-2H3,(H,25,29)(H,26,28). The van der Waals surface area contributed by atoms with Crippen LogP contribution in [0.3, 0.4) is 0 Å². The van der Waals surface area contributed by atoms with Crippen LogP contribution in [0.5, 0.6) is 0 Å². The Morgan fingerprint density at radius 2 is 1.59 bits per heavy atom. The summed E-state index contributed by atoms with van der Waals surface area (Å²) < 4.78 is 0. The molecule has 0 aliphatic heterocycles. The second kappa shape index (κ2) is 9.50. The molecule has 2 N–H and O–H groups in total. The van der Waals surface area contributed by atoms with Crippen molar-refractivity contribution in [2.45, 2.75) is 13.8 Å². The number of hydrogen-bond donors (Lipinski definition) is 2. The van der Waals surface area contributed by atoms with Crippen LogP contribution in [-0.2, 0) is 0 Å². The van der Waals surface area contributed by atoms with Crippen LogP contribution in [0.25, 0.3) is 0 Å². The van der Waals surface area contributed by atoms with Crippen molar-refractivity contribution >= 4 is 28.9 Å². The lowest BCUT2D eigenvalue weighted by molar-refractivity contribution is 0.102. The summed E-state index contributed by atoms with van der Waals surface area (Å²) in [6.07, 6.45) is 3.08. The van der Waals surface area contributed by atoms with Crippen molar-refractivity contribution in [3.05, 3.63) is 84.2 Å². The maximum Gasteiger partial charge on any atom is 0.257 e. The Hall–Kier alpha value is -3.67. The van der Waals surface area contributed by atoms with Gasteiger partial charge in [-0.3, -0.25) is 14.6 Å². The topological polar surface area (TPSA) is 74.3 Å². The van der Waals surface area contributed by atoms with Gasteiger partial charge in [0.25, 0.3) is 11.8 Å². The average Bonchev–Trinajstić information content (AvgIpc) is 2.76. The molecule has 0 bridgehead atoms. The molecule has 6 nitrogen and oxygen atoms in total. The van der Waals surface area contributed by atoms with Gasteiger partial charge in [-0.2, -0.15) is 0 Å². The summed E-state index contributed by atoms with van der Waals surface area (Å²) in [6.45, 7) is 6.06. The van der Waals surface area contributed by atoms with Crippen LogP contribution in [-0.4, -0.2) is 29.9 Å². The van der Waals surface area contributed by atoms with E-state index in [1.54, 1.807) is 42.6 Å². The fourth-order valence-corrected chi connectivity index (χ4v) is 3.02. The lowest BCUT2D eigenvalue weighted by Crippen LogP contribution is -2.21. The van der Waals surface area contributed by atoms with Crippen LogP contribution < -0.4 is 15.5 Å². The molecule has 0 aliphatic rings. The van der Waals surface area contributed by atoms with E-state index in [4.69, 9.17) is 0 Å². The molecular weight excluding hydrogens is 364 g/mol. The predicted molar refractivity (Wildman–Crippen MR) is 117 cm³/mol. The van der Waals surface area contributed by atoms with Crippen molar-refractivity contribution < 1.29 is 9.59 Å². The molecule has 148 valence electrons. The van der Waals surface area contributed by atoms with Crippen LogP contribution in [0.15, 0.2) is 73.1 Å². The summed E-state index contributed by atoms with van der Waals surface area (Å²) in [5.74, 6) is -0.607. The monoisotopic (exact) mass is 388 g/mol. The first-order valence-corrected chi connectivity index (χ1v) is 9.59. The Morgan fingerprint density at radius 1 is 0.862 bits per heavy atom. The number of rotatable bonds is 7. The molecule has 0 atom stereocenters. The third-order valence-electron chi connectivity index (χ3n) is 4.60. The first kappa shape index (κ1) is 20.1. The van der Waals surface area contributed by atoms with Gasteiger partial charge in [0, 0.05) is 36.9 Å². The molecule has 0 unspecified atom stereocenters. The van der Waals surface area contributed by atoms with Crippen molar-refractivity contribution in [1.82, 2.24) is 4.98 Å². The third-order valence-corrected chi connectivity index (χ3v) is 4.60. The van der Waals surface area contributed by atoms with E-state index < -0.39 is 0 Å². The highest BCUT2D eigenvalue weighted by atomic mass is 16.2. The first-order valence-electron chi connectivity index (χ1n) is 9.59. The maximum absolute atomic E-state index is 12.8. The number of nitrogens with one attached hydrogen (secondary N) is 2. The maximum atomic E-state index is 12.8. The van der Waals surface area contributed by atoms with Gasteiger partial charge in [0.15, 0.2) is 0 Å². The minimum Gasteiger partial charge on any atom is -0.372 e. The normalized spacial score (nSPS) is 10.3. The van der Waals surface area contributed by atoms with Gasteiger partial charge in [0.2, 0.25) is 0 Å². The summed E-state index contributed by atoms with van der Waals surface area (Å²) in [7, 11) is 0. The van der Waals surface area contributed by atoms with Gasteiger partial charge in [-0.1, -0.05) is 12.1 Å². The number of carbonyl (C=O) groups is 2. The molecule has 0 aliphatic carbocycles. The van der Waals surface area contributed by atoms with E-state index in [-0.39, 0.29) is 11.8 Å². The van der Waals surface area contributed by atoms with Gasteiger partial charge in [0.05, 0.1) is 16.8 Å². The number of benzene rings is 2. The van der Waals surface area contributed by atoms with Gasteiger partial charge in [0.1, 0.15) is 0 Å². The molecule has 1 heterocycles. The molecule has 2 amide bonds. The summed E-state index contributed by atoms with van der Waals surface area (Å²) >= 11 is 0. The number of aromatic nitrogens is 1. The number of para-hydroxylation sites is 1. The van der Waals surface area contributed by atoms with E-state index in [0.29, 0.717) is 22.5 Å². The smallest absolute Gasteiger partial charge is 0.257 e. The fourth-order valence-electron chi connectivity index (χ4n) is 3.02. The fraction of sp³-hybridized carbons (Fsp3) is 0.174. The van der Waals surface area contributed by atoms with Gasteiger partial charge in [-0.25, -0.2) is 0 Å². The second-order valence-electron chi connectivity index (χ2n) is 6.41. The summed E-state index contributed by atoms with van der Waals surface area (Å²) in [4.78, 5) is 31.4. The zero-order valence-corrected chi connectivity index (χ0v) is 16.6. The molecule has 0 fully saturated rings. The predicted octanol–water partition coefficient (Wildman–Crippen LogP) is 4.43. The summed E-state index contributed by atoms with van der Waals surface area (Å²) in [5, 5.41) is 5.68. The van der Waals surface area contributed by atoms with Crippen molar-refractivity contribution in [2.24, 2.45) is 0 Å². The number of pyridine rings is 1. The van der Waals surface area contributed by atoms with Gasteiger partial charge >= 0.3 is 0 Å². The molecule has 29 heavy (non-hydrogen) atoms. The molecule has 0 saturated carbocycles. The molecule has 2 aromatic carbocycles. The van der Waals surface area contributed by atoms with Gasteiger partial charge < -0.3 is 15.5 Å². The molecule has 0 saturated heterocycles. The van der Waals surface area contributed by atoms with Crippen LogP contribution in [0.2, 0.25) is 0 Å². The lowest BCUT2D eigenvalue weighted by atomic mass is 10.1. The SMILES string of the molecule is CCN(CC)c1ccc(NC(=O)c2ccccc2NC(=O)c2cccnc2)cc1. The average molecular weight is 388 g/mol. The molecule has 0 radical (unpaired) electrons. The van der Waals surface area contributed by atoms with Crippen LogP contribution >= 0.6 is 0 Å². The van der Waals surface area contributed by atoms with E-state index in [1.807, 2.05) is 24.3 Å². The van der Waals surface area contributed by atoms with E-state index >= 15 is 0 Å². The number of nitrogens with zero attached hydrogens (tertiary/aromatic N) is 2. The first-order chi connectivity index (χ1) is 14.1. The largest absolute Gasteiger partial charge is 0.372 e. The molecule has 3 aromatic rings. The number of amides is 2. The Labute approximate surface area is 170 Å². The lowest BCUT2D eigenvalue weighted by Gasteiger charge is -2.21. The van der Waals surface area contributed by atoms with Crippen molar-refractivity contribution in [3.63, 3.8) is 0 Å². The van der Waals surface area contributed by atoms with Crippen molar-refractivity contribution in [1.29, 1.82) is 0 Å². The zero-order chi connectivity index (χ0) is 20.6. The quantitative estimate of drug-likeness (QED) is 0.628. The highest BCUT2D eigenvalue weighted by Gasteiger charge is 2.14. The number of anilines is 3. The van der Waals surface area contributed by atoms with Crippen LogP contribution in [0, 0.1) is 0 Å². The van der Waals surface area contributed by atoms with E-state index in [1.165, 1.54) is 6.20 Å². The minimum absolute atomic E-state index is 0.289. The highest BCUT2D eigenvalue weighted by molar-refractivity contribution is 6.12. The molecule has 0 spiro atoms. The van der Waals surface area contributed by atoms with Gasteiger partial charge in [-0.15, -0.1) is 0 Å². The number of carbonyl (C=O) groups excluding carboxylic acids is 2. The molecular formula is C23H24N4O2. The Morgan fingerprint density at radius 3 is 2.24 bits per heavy atom. The van der Waals surface area contributed by atoms with Crippen molar-refractivity contribution in [2.75, 3.05) is 28.6 Å².